The fourth-order valence-electron chi connectivity index (χ4n) is 2.64. The van der Waals surface area contributed by atoms with Crippen LogP contribution in [0.4, 0.5) is 4.79 Å². The average molecular weight is 333 g/mol. The monoisotopic (exact) mass is 333 g/mol. The largest absolute Gasteiger partial charge is 0.414 e. The lowest BCUT2D eigenvalue weighted by molar-refractivity contribution is -0.132. The van der Waals surface area contributed by atoms with Crippen LogP contribution in [0.5, 0.6) is 5.75 Å². The quantitative estimate of drug-likeness (QED) is 0.825. The molecule has 0 bridgehead atoms. The van der Waals surface area contributed by atoms with Crippen molar-refractivity contribution < 1.29 is 14.3 Å². The van der Waals surface area contributed by atoms with E-state index in [2.05, 4.69) is 11.8 Å². The summed E-state index contributed by atoms with van der Waals surface area (Å²) in [5, 5.41) is 0. The van der Waals surface area contributed by atoms with E-state index in [9.17, 15) is 9.59 Å². The summed E-state index contributed by atoms with van der Waals surface area (Å²) in [6.07, 6.45) is 0.821. The lowest BCUT2D eigenvalue weighted by Gasteiger charge is -2.34. The van der Waals surface area contributed by atoms with Gasteiger partial charge in [-0.15, -0.1) is 0 Å². The Morgan fingerprint density at radius 1 is 1.08 bits per heavy atom. The number of likely N-dealkylation sites (N-methyl/N-ethyl adjacent to an activating group) is 1. The standard InChI is InChI=1S/C18H27N3O3/c1-4-20-11-13-21(14-12-20)17(22)10-7-15-5-8-16(9-6-15)24-18(23)19(2)3/h5-6,8-9H,4,7,10-14H2,1-3H3. The lowest BCUT2D eigenvalue weighted by atomic mass is 10.1. The summed E-state index contributed by atoms with van der Waals surface area (Å²) in [6.45, 7) is 6.78. The minimum atomic E-state index is -0.399. The maximum Gasteiger partial charge on any atom is 0.414 e. The molecule has 1 saturated heterocycles. The van der Waals surface area contributed by atoms with Gasteiger partial charge < -0.3 is 19.4 Å². The van der Waals surface area contributed by atoms with Crippen LogP contribution in [-0.2, 0) is 11.2 Å². The predicted molar refractivity (Wildman–Crippen MR) is 93.2 cm³/mol. The molecule has 1 heterocycles. The van der Waals surface area contributed by atoms with Crippen LogP contribution in [0.3, 0.4) is 0 Å². The smallest absolute Gasteiger partial charge is 0.410 e. The van der Waals surface area contributed by atoms with Crippen molar-refractivity contribution in [1.29, 1.82) is 0 Å². The van der Waals surface area contributed by atoms with Crippen molar-refractivity contribution >= 4 is 12.0 Å². The Balaban J connectivity index is 1.78. The van der Waals surface area contributed by atoms with Gasteiger partial charge >= 0.3 is 6.09 Å². The van der Waals surface area contributed by atoms with Gasteiger partial charge in [-0.05, 0) is 30.7 Å². The van der Waals surface area contributed by atoms with Gasteiger partial charge in [-0.2, -0.15) is 0 Å². The number of aryl methyl sites for hydroxylation is 1. The molecule has 1 aliphatic heterocycles. The van der Waals surface area contributed by atoms with E-state index in [4.69, 9.17) is 4.74 Å². The van der Waals surface area contributed by atoms with Crippen molar-refractivity contribution in [1.82, 2.24) is 14.7 Å². The highest BCUT2D eigenvalue weighted by Gasteiger charge is 2.19. The Morgan fingerprint density at radius 3 is 2.25 bits per heavy atom. The van der Waals surface area contributed by atoms with Gasteiger partial charge in [0.15, 0.2) is 0 Å². The number of benzene rings is 1. The summed E-state index contributed by atoms with van der Waals surface area (Å²) >= 11 is 0. The molecule has 24 heavy (non-hydrogen) atoms. The van der Waals surface area contributed by atoms with Gasteiger partial charge in [-0.3, -0.25) is 4.79 Å². The van der Waals surface area contributed by atoms with Crippen molar-refractivity contribution in [3.05, 3.63) is 29.8 Å². The maximum absolute atomic E-state index is 12.3. The Hall–Kier alpha value is -2.08. The molecule has 0 radical (unpaired) electrons. The molecule has 0 aromatic heterocycles. The third kappa shape index (κ3) is 5.23. The number of rotatable bonds is 5. The highest BCUT2D eigenvalue weighted by atomic mass is 16.6. The van der Waals surface area contributed by atoms with Crippen LogP contribution in [-0.4, -0.2) is 73.5 Å². The molecule has 6 heteroatoms. The minimum Gasteiger partial charge on any atom is -0.410 e. The first-order valence-electron chi connectivity index (χ1n) is 8.47. The van der Waals surface area contributed by atoms with Gasteiger partial charge in [0.25, 0.3) is 0 Å². The zero-order valence-electron chi connectivity index (χ0n) is 14.8. The molecular formula is C18H27N3O3. The number of ether oxygens (including phenoxy) is 1. The summed E-state index contributed by atoms with van der Waals surface area (Å²) in [6, 6.07) is 7.34. The van der Waals surface area contributed by atoms with Crippen LogP contribution in [0.15, 0.2) is 24.3 Å². The number of hydrogen-bond donors (Lipinski definition) is 0. The van der Waals surface area contributed by atoms with E-state index in [0.29, 0.717) is 18.6 Å². The molecule has 1 aromatic rings. The van der Waals surface area contributed by atoms with Crippen LogP contribution >= 0.6 is 0 Å². The summed E-state index contributed by atoms with van der Waals surface area (Å²) < 4.78 is 5.18. The van der Waals surface area contributed by atoms with Crippen LogP contribution in [0, 0.1) is 0 Å². The second-order valence-corrected chi connectivity index (χ2v) is 6.22. The summed E-state index contributed by atoms with van der Waals surface area (Å²) in [5.41, 5.74) is 1.07. The van der Waals surface area contributed by atoms with Gasteiger partial charge in [0, 0.05) is 46.7 Å². The molecule has 6 nitrogen and oxygen atoms in total. The normalized spacial score (nSPS) is 15.2. The number of carbonyl (C=O) groups is 2. The molecule has 132 valence electrons. The van der Waals surface area contributed by atoms with E-state index in [1.807, 2.05) is 17.0 Å². The zero-order chi connectivity index (χ0) is 17.5. The van der Waals surface area contributed by atoms with Crippen molar-refractivity contribution in [3.63, 3.8) is 0 Å². The fraction of sp³-hybridized carbons (Fsp3) is 0.556. The highest BCUT2D eigenvalue weighted by molar-refractivity contribution is 5.76. The number of nitrogens with zero attached hydrogens (tertiary/aromatic N) is 3. The Bertz CT molecular complexity index is 549. The fourth-order valence-corrected chi connectivity index (χ4v) is 2.64. The summed E-state index contributed by atoms with van der Waals surface area (Å²) in [4.78, 5) is 29.5. The molecule has 1 aromatic carbocycles. The van der Waals surface area contributed by atoms with Crippen molar-refractivity contribution in [2.24, 2.45) is 0 Å². The Morgan fingerprint density at radius 2 is 1.71 bits per heavy atom. The third-order valence-electron chi connectivity index (χ3n) is 4.29. The van der Waals surface area contributed by atoms with Crippen molar-refractivity contribution in [3.8, 4) is 5.75 Å². The first-order chi connectivity index (χ1) is 11.5. The molecule has 0 unspecified atom stereocenters. The maximum atomic E-state index is 12.3. The van der Waals surface area contributed by atoms with E-state index in [-0.39, 0.29) is 5.91 Å². The van der Waals surface area contributed by atoms with Gasteiger partial charge in [0.2, 0.25) is 5.91 Å². The predicted octanol–water partition coefficient (Wildman–Crippen LogP) is 1.84. The van der Waals surface area contributed by atoms with E-state index in [1.54, 1.807) is 26.2 Å². The topological polar surface area (TPSA) is 53.1 Å². The highest BCUT2D eigenvalue weighted by Crippen LogP contribution is 2.15. The molecule has 1 aliphatic rings. The average Bonchev–Trinajstić information content (AvgIpc) is 2.60. The van der Waals surface area contributed by atoms with Crippen molar-refractivity contribution in [2.45, 2.75) is 19.8 Å². The third-order valence-corrected chi connectivity index (χ3v) is 4.29. The van der Waals surface area contributed by atoms with Gasteiger partial charge in [-0.1, -0.05) is 19.1 Å². The second kappa shape index (κ2) is 8.68. The molecule has 2 rings (SSSR count). The van der Waals surface area contributed by atoms with Crippen LogP contribution in [0.1, 0.15) is 18.9 Å². The molecular weight excluding hydrogens is 306 g/mol. The first kappa shape index (κ1) is 18.3. The summed E-state index contributed by atoms with van der Waals surface area (Å²) in [7, 11) is 3.28. The van der Waals surface area contributed by atoms with Gasteiger partial charge in [0.05, 0.1) is 0 Å². The number of piperazine rings is 1. The molecule has 0 aliphatic carbocycles. The Kier molecular flexibility index (Phi) is 6.61. The van der Waals surface area contributed by atoms with Crippen LogP contribution in [0.2, 0.25) is 0 Å². The minimum absolute atomic E-state index is 0.217. The molecule has 2 amide bonds. The van der Waals surface area contributed by atoms with E-state index in [1.165, 1.54) is 4.90 Å². The van der Waals surface area contributed by atoms with Gasteiger partial charge in [-0.25, -0.2) is 4.79 Å². The van der Waals surface area contributed by atoms with Gasteiger partial charge in [0.1, 0.15) is 5.75 Å². The van der Waals surface area contributed by atoms with Crippen LogP contribution < -0.4 is 4.74 Å². The SMILES string of the molecule is CCN1CCN(C(=O)CCc2ccc(OC(=O)N(C)C)cc2)CC1. The number of amides is 2. The van der Waals surface area contributed by atoms with E-state index < -0.39 is 6.09 Å². The van der Waals surface area contributed by atoms with Crippen LogP contribution in [0.25, 0.3) is 0 Å². The second-order valence-electron chi connectivity index (χ2n) is 6.22. The lowest BCUT2D eigenvalue weighted by Crippen LogP contribution is -2.48. The Labute approximate surface area is 144 Å². The molecule has 1 fully saturated rings. The zero-order valence-corrected chi connectivity index (χ0v) is 14.8. The molecule has 0 spiro atoms. The number of carbonyl (C=O) groups excluding carboxylic acids is 2. The number of hydrogen-bond acceptors (Lipinski definition) is 4. The molecule has 0 saturated carbocycles. The van der Waals surface area contributed by atoms with E-state index in [0.717, 1.165) is 38.3 Å². The first-order valence-corrected chi connectivity index (χ1v) is 8.47. The van der Waals surface area contributed by atoms with Crippen molar-refractivity contribution in [2.75, 3.05) is 46.8 Å². The molecule has 0 N–H and O–H groups in total. The summed E-state index contributed by atoms with van der Waals surface area (Å²) in [5.74, 6) is 0.730. The molecule has 0 atom stereocenters. The van der Waals surface area contributed by atoms with E-state index >= 15 is 0 Å².